The highest BCUT2D eigenvalue weighted by Crippen LogP contribution is 2.07. The van der Waals surface area contributed by atoms with E-state index in [-0.39, 0.29) is 11.8 Å². The minimum Gasteiger partial charge on any atom is -0.380 e. The van der Waals surface area contributed by atoms with E-state index in [1.165, 1.54) is 18.1 Å². The van der Waals surface area contributed by atoms with Crippen LogP contribution in [-0.2, 0) is 11.2 Å². The average Bonchev–Trinajstić information content (AvgIpc) is 2.28. The third kappa shape index (κ3) is 4.83. The van der Waals surface area contributed by atoms with Crippen molar-refractivity contribution in [3.63, 3.8) is 0 Å². The molecule has 0 aliphatic heterocycles. The van der Waals surface area contributed by atoms with E-state index >= 15 is 0 Å². The molecule has 0 aromatic heterocycles. The second-order valence-electron chi connectivity index (χ2n) is 4.38. The van der Waals surface area contributed by atoms with Gasteiger partial charge in [-0.1, -0.05) is 36.4 Å². The fourth-order valence-corrected chi connectivity index (χ4v) is 1.47. The summed E-state index contributed by atoms with van der Waals surface area (Å²) >= 11 is 0. The first-order valence-corrected chi connectivity index (χ1v) is 5.72. The van der Waals surface area contributed by atoms with E-state index in [4.69, 9.17) is 5.73 Å². The zero-order chi connectivity index (χ0) is 12.8. The van der Waals surface area contributed by atoms with Gasteiger partial charge in [-0.2, -0.15) is 0 Å². The van der Waals surface area contributed by atoms with Crippen LogP contribution in [0.5, 0.6) is 0 Å². The Morgan fingerprint density at radius 1 is 1.41 bits per heavy atom. The van der Waals surface area contributed by atoms with Crippen LogP contribution in [-0.4, -0.2) is 18.4 Å². The second-order valence-corrected chi connectivity index (χ2v) is 4.38. The summed E-state index contributed by atoms with van der Waals surface area (Å²) in [4.78, 5) is 10.8. The highest BCUT2D eigenvalue weighted by molar-refractivity contribution is 5.77. The lowest BCUT2D eigenvalue weighted by Gasteiger charge is -2.16. The second kappa shape index (κ2) is 6.21. The van der Waals surface area contributed by atoms with E-state index < -0.39 is 0 Å². The Bertz CT molecular complexity index is 395. The predicted molar refractivity (Wildman–Crippen MR) is 70.7 cm³/mol. The van der Waals surface area contributed by atoms with Crippen LogP contribution in [0.25, 0.3) is 0 Å². The van der Waals surface area contributed by atoms with Gasteiger partial charge in [-0.3, -0.25) is 4.79 Å². The molecular formula is C14H20N2O. The van der Waals surface area contributed by atoms with Gasteiger partial charge >= 0.3 is 0 Å². The molecule has 0 spiro atoms. The van der Waals surface area contributed by atoms with Crippen LogP contribution in [0.15, 0.2) is 36.5 Å². The van der Waals surface area contributed by atoms with Gasteiger partial charge in [0.2, 0.25) is 0 Å². The molecule has 1 rings (SSSR count). The molecule has 3 N–H and O–H groups in total. The van der Waals surface area contributed by atoms with E-state index in [2.05, 4.69) is 43.1 Å². The van der Waals surface area contributed by atoms with E-state index in [0.717, 1.165) is 6.42 Å². The number of hydrogen-bond donors (Lipinski definition) is 2. The van der Waals surface area contributed by atoms with Crippen molar-refractivity contribution in [3.8, 4) is 0 Å². The van der Waals surface area contributed by atoms with E-state index in [1.54, 1.807) is 0 Å². The fourth-order valence-electron chi connectivity index (χ4n) is 1.47. The number of rotatable bonds is 6. The summed E-state index contributed by atoms with van der Waals surface area (Å²) in [6, 6.07) is 8.08. The molecule has 1 aromatic carbocycles. The summed E-state index contributed by atoms with van der Waals surface area (Å²) in [5, 5.41) is 2.94. The van der Waals surface area contributed by atoms with E-state index in [9.17, 15) is 4.79 Å². The van der Waals surface area contributed by atoms with Crippen LogP contribution in [0.2, 0.25) is 0 Å². The number of carbonyl (C=O) groups excluding carboxylic acids is 1. The number of Topliss-reactive ketones (excluding diaryl/α,β-unsaturated/α-hetero) is 1. The number of nitrogens with two attached hydrogens (primary N) is 1. The number of nitrogens with one attached hydrogen (secondary N) is 1. The van der Waals surface area contributed by atoms with Crippen molar-refractivity contribution in [2.45, 2.75) is 26.3 Å². The topological polar surface area (TPSA) is 55.1 Å². The Labute approximate surface area is 103 Å². The molecule has 92 valence electrons. The van der Waals surface area contributed by atoms with Gasteiger partial charge in [-0.15, -0.1) is 0 Å². The van der Waals surface area contributed by atoms with Crippen molar-refractivity contribution in [1.82, 2.24) is 5.32 Å². The molecule has 17 heavy (non-hydrogen) atoms. The van der Waals surface area contributed by atoms with Crippen molar-refractivity contribution >= 4 is 5.78 Å². The monoisotopic (exact) mass is 232 g/mol. The quantitative estimate of drug-likeness (QED) is 0.782. The Morgan fingerprint density at radius 3 is 2.53 bits per heavy atom. The van der Waals surface area contributed by atoms with Crippen molar-refractivity contribution < 1.29 is 4.79 Å². The van der Waals surface area contributed by atoms with Crippen molar-refractivity contribution in [2.75, 3.05) is 6.54 Å². The van der Waals surface area contributed by atoms with E-state index in [0.29, 0.717) is 12.2 Å². The highest BCUT2D eigenvalue weighted by atomic mass is 16.1. The molecule has 1 unspecified atom stereocenters. The number of carbonyl (C=O) groups is 1. The van der Waals surface area contributed by atoms with Crippen LogP contribution in [0.1, 0.15) is 18.1 Å². The fraction of sp³-hybridized carbons (Fsp3) is 0.357. The lowest BCUT2D eigenvalue weighted by Crippen LogP contribution is -2.34. The number of benzene rings is 1. The maximum atomic E-state index is 10.8. The SMILES string of the molecule is C=C(NCC(C)=O)C(N)Cc1ccc(C)cc1. The van der Waals surface area contributed by atoms with Crippen LogP contribution < -0.4 is 11.1 Å². The molecular weight excluding hydrogens is 212 g/mol. The Balaban J connectivity index is 2.48. The maximum Gasteiger partial charge on any atom is 0.148 e. The molecule has 0 radical (unpaired) electrons. The molecule has 1 atom stereocenters. The summed E-state index contributed by atoms with van der Waals surface area (Å²) < 4.78 is 0. The molecule has 3 nitrogen and oxygen atoms in total. The smallest absolute Gasteiger partial charge is 0.148 e. The van der Waals surface area contributed by atoms with Gasteiger partial charge in [0.1, 0.15) is 5.78 Å². The molecule has 1 aromatic rings. The zero-order valence-electron chi connectivity index (χ0n) is 10.5. The van der Waals surface area contributed by atoms with Gasteiger partial charge in [-0.05, 0) is 25.8 Å². The van der Waals surface area contributed by atoms with Gasteiger partial charge < -0.3 is 11.1 Å². The first kappa shape index (κ1) is 13.5. The van der Waals surface area contributed by atoms with Crippen LogP contribution in [0.4, 0.5) is 0 Å². The van der Waals surface area contributed by atoms with Gasteiger partial charge in [0.05, 0.1) is 6.54 Å². The number of hydrogen-bond acceptors (Lipinski definition) is 3. The van der Waals surface area contributed by atoms with Crippen LogP contribution in [0, 0.1) is 6.92 Å². The Hall–Kier alpha value is -1.61. The molecule has 0 saturated heterocycles. The van der Waals surface area contributed by atoms with Crippen LogP contribution >= 0.6 is 0 Å². The minimum atomic E-state index is -0.169. The number of aryl methyl sites for hydroxylation is 1. The van der Waals surface area contributed by atoms with Crippen molar-refractivity contribution in [1.29, 1.82) is 0 Å². The van der Waals surface area contributed by atoms with Crippen molar-refractivity contribution in [2.24, 2.45) is 5.73 Å². The molecule has 0 heterocycles. The highest BCUT2D eigenvalue weighted by Gasteiger charge is 2.08. The minimum absolute atomic E-state index is 0.0775. The lowest BCUT2D eigenvalue weighted by molar-refractivity contribution is -0.116. The molecule has 0 amide bonds. The predicted octanol–water partition coefficient (Wildman–Crippen LogP) is 1.56. The van der Waals surface area contributed by atoms with E-state index in [1.807, 2.05) is 0 Å². The normalized spacial score (nSPS) is 11.9. The molecule has 0 saturated carbocycles. The molecule has 0 aliphatic rings. The summed E-state index contributed by atoms with van der Waals surface area (Å²) in [5.41, 5.74) is 9.12. The maximum absolute atomic E-state index is 10.8. The summed E-state index contributed by atoms with van der Waals surface area (Å²) in [6.45, 7) is 7.73. The standard InChI is InChI=1S/C14H20N2O/c1-10-4-6-13(7-5-10)8-14(15)12(3)16-9-11(2)17/h4-7,14,16H,3,8-9,15H2,1-2H3. The molecule has 0 fully saturated rings. The largest absolute Gasteiger partial charge is 0.380 e. The summed E-state index contributed by atoms with van der Waals surface area (Å²) in [6.07, 6.45) is 0.726. The van der Waals surface area contributed by atoms with Gasteiger partial charge in [0, 0.05) is 11.7 Å². The van der Waals surface area contributed by atoms with Crippen molar-refractivity contribution in [3.05, 3.63) is 47.7 Å². The third-order valence-corrected chi connectivity index (χ3v) is 2.59. The number of ketones is 1. The molecule has 0 aliphatic carbocycles. The lowest BCUT2D eigenvalue weighted by atomic mass is 10.0. The molecule has 3 heteroatoms. The molecule has 0 bridgehead atoms. The Morgan fingerprint density at radius 2 is 2.00 bits per heavy atom. The van der Waals surface area contributed by atoms with Crippen LogP contribution in [0.3, 0.4) is 0 Å². The Kier molecular flexibility index (Phi) is 4.91. The zero-order valence-corrected chi connectivity index (χ0v) is 10.5. The van der Waals surface area contributed by atoms with Gasteiger partial charge in [0.15, 0.2) is 0 Å². The van der Waals surface area contributed by atoms with Gasteiger partial charge in [-0.25, -0.2) is 0 Å². The first-order chi connectivity index (χ1) is 7.99. The average molecular weight is 232 g/mol. The first-order valence-electron chi connectivity index (χ1n) is 5.72. The third-order valence-electron chi connectivity index (χ3n) is 2.59. The van der Waals surface area contributed by atoms with Gasteiger partial charge in [0.25, 0.3) is 0 Å². The summed E-state index contributed by atoms with van der Waals surface area (Å²) in [5.74, 6) is 0.0775. The summed E-state index contributed by atoms with van der Waals surface area (Å²) in [7, 11) is 0.